The molecule has 21 heavy (non-hydrogen) atoms. The highest BCUT2D eigenvalue weighted by molar-refractivity contribution is 5.95. The van der Waals surface area contributed by atoms with Crippen molar-refractivity contribution in [1.82, 2.24) is 0 Å². The molecule has 0 saturated carbocycles. The smallest absolute Gasteiger partial charge is 0.231 e. The number of halogens is 3. The van der Waals surface area contributed by atoms with E-state index < -0.39 is 28.8 Å². The van der Waals surface area contributed by atoms with Gasteiger partial charge in [-0.15, -0.1) is 0 Å². The van der Waals surface area contributed by atoms with E-state index in [0.29, 0.717) is 25.0 Å². The molecule has 0 aliphatic carbocycles. The number of nitrogens with two attached hydrogens (primary N) is 1. The molecule has 0 aromatic heterocycles. The number of amides is 1. The van der Waals surface area contributed by atoms with Crippen LogP contribution in [0, 0.1) is 22.9 Å². The molecule has 0 fully saturated rings. The maximum absolute atomic E-state index is 13.6. The maximum atomic E-state index is 13.6. The van der Waals surface area contributed by atoms with Gasteiger partial charge in [-0.05, 0) is 12.8 Å². The topological polar surface area (TPSA) is 55.1 Å². The molecule has 0 bridgehead atoms. The van der Waals surface area contributed by atoms with Crippen molar-refractivity contribution >= 4 is 11.6 Å². The lowest BCUT2D eigenvalue weighted by Crippen LogP contribution is -2.42. The second-order valence-corrected chi connectivity index (χ2v) is 5.18. The van der Waals surface area contributed by atoms with Gasteiger partial charge in [-0.1, -0.05) is 26.7 Å². The molecule has 0 heterocycles. The first-order valence-electron chi connectivity index (χ1n) is 7.06. The molecule has 1 aromatic rings. The molecular formula is C15H21F3N2O. The zero-order chi connectivity index (χ0) is 16.0. The number of carbonyl (C=O) groups is 1. The molecule has 0 aliphatic heterocycles. The van der Waals surface area contributed by atoms with Gasteiger partial charge in [0, 0.05) is 18.7 Å². The quantitative estimate of drug-likeness (QED) is 0.756. The SMILES string of the molecule is CCCC(CN)(CCC)C(=O)Nc1cc(F)c(F)cc1F. The van der Waals surface area contributed by atoms with Crippen molar-refractivity contribution in [3.8, 4) is 0 Å². The molecule has 0 unspecified atom stereocenters. The second-order valence-electron chi connectivity index (χ2n) is 5.18. The molecule has 3 nitrogen and oxygen atoms in total. The van der Waals surface area contributed by atoms with Crippen LogP contribution in [-0.4, -0.2) is 12.5 Å². The molecule has 0 radical (unpaired) electrons. The zero-order valence-corrected chi connectivity index (χ0v) is 12.3. The van der Waals surface area contributed by atoms with Crippen molar-refractivity contribution < 1.29 is 18.0 Å². The Hall–Kier alpha value is -1.56. The molecule has 1 amide bonds. The minimum atomic E-state index is -1.29. The fourth-order valence-corrected chi connectivity index (χ4v) is 2.48. The molecule has 0 saturated heterocycles. The summed E-state index contributed by atoms with van der Waals surface area (Å²) >= 11 is 0. The van der Waals surface area contributed by atoms with Gasteiger partial charge in [0.15, 0.2) is 11.6 Å². The third kappa shape index (κ3) is 3.97. The fourth-order valence-electron chi connectivity index (χ4n) is 2.48. The van der Waals surface area contributed by atoms with E-state index in [1.54, 1.807) is 0 Å². The molecule has 1 aromatic carbocycles. The van der Waals surface area contributed by atoms with Crippen molar-refractivity contribution in [2.75, 3.05) is 11.9 Å². The molecule has 6 heteroatoms. The molecule has 0 spiro atoms. The lowest BCUT2D eigenvalue weighted by atomic mass is 9.78. The Balaban J connectivity index is 3.04. The zero-order valence-electron chi connectivity index (χ0n) is 12.3. The number of hydrogen-bond donors (Lipinski definition) is 2. The Kier molecular flexibility index (Phi) is 6.20. The van der Waals surface area contributed by atoms with Crippen LogP contribution in [0.4, 0.5) is 18.9 Å². The summed E-state index contributed by atoms with van der Waals surface area (Å²) in [7, 11) is 0. The van der Waals surface area contributed by atoms with Crippen LogP contribution >= 0.6 is 0 Å². The summed E-state index contributed by atoms with van der Waals surface area (Å²) in [5.41, 5.74) is 4.55. The first kappa shape index (κ1) is 17.5. The molecule has 0 atom stereocenters. The Labute approximate surface area is 122 Å². The standard InChI is InChI=1S/C15H21F3N2O/c1-3-5-15(9-19,6-4-2)14(21)20-13-8-11(17)10(16)7-12(13)18/h7-8H,3-6,9,19H2,1-2H3,(H,20,21). The number of rotatable bonds is 7. The predicted molar refractivity (Wildman–Crippen MR) is 76.2 cm³/mol. The fraction of sp³-hybridized carbons (Fsp3) is 0.533. The van der Waals surface area contributed by atoms with Crippen molar-refractivity contribution in [1.29, 1.82) is 0 Å². The highest BCUT2D eigenvalue weighted by Gasteiger charge is 2.35. The van der Waals surface area contributed by atoms with Gasteiger partial charge in [0.25, 0.3) is 0 Å². The molecule has 1 rings (SSSR count). The van der Waals surface area contributed by atoms with Gasteiger partial charge in [0.05, 0.1) is 11.1 Å². The highest BCUT2D eigenvalue weighted by atomic mass is 19.2. The van der Waals surface area contributed by atoms with Crippen LogP contribution in [0.15, 0.2) is 12.1 Å². The second kappa shape index (κ2) is 7.45. The lowest BCUT2D eigenvalue weighted by molar-refractivity contribution is -0.126. The molecular weight excluding hydrogens is 281 g/mol. The van der Waals surface area contributed by atoms with Crippen LogP contribution in [0.3, 0.4) is 0 Å². The van der Waals surface area contributed by atoms with Gasteiger partial charge in [-0.3, -0.25) is 4.79 Å². The maximum Gasteiger partial charge on any atom is 0.231 e. The van der Waals surface area contributed by atoms with E-state index in [-0.39, 0.29) is 12.2 Å². The normalized spacial score (nSPS) is 11.5. The summed E-state index contributed by atoms with van der Waals surface area (Å²) in [4.78, 5) is 12.4. The Morgan fingerprint density at radius 1 is 1.10 bits per heavy atom. The van der Waals surface area contributed by atoms with Gasteiger partial charge in [0.1, 0.15) is 5.82 Å². The van der Waals surface area contributed by atoms with E-state index in [4.69, 9.17) is 5.73 Å². The third-order valence-electron chi connectivity index (χ3n) is 3.59. The molecule has 118 valence electrons. The largest absolute Gasteiger partial charge is 0.329 e. The molecule has 3 N–H and O–H groups in total. The van der Waals surface area contributed by atoms with E-state index in [2.05, 4.69) is 5.32 Å². The van der Waals surface area contributed by atoms with Crippen LogP contribution in [0.2, 0.25) is 0 Å². The van der Waals surface area contributed by atoms with E-state index >= 15 is 0 Å². The van der Waals surface area contributed by atoms with Crippen molar-refractivity contribution in [2.45, 2.75) is 39.5 Å². The summed E-state index contributed by atoms with van der Waals surface area (Å²) in [5, 5.41) is 2.34. The highest BCUT2D eigenvalue weighted by Crippen LogP contribution is 2.31. The van der Waals surface area contributed by atoms with E-state index in [9.17, 15) is 18.0 Å². The summed E-state index contributed by atoms with van der Waals surface area (Å²) in [6, 6.07) is 1.05. The number of benzene rings is 1. The van der Waals surface area contributed by atoms with Crippen LogP contribution in [0.1, 0.15) is 39.5 Å². The van der Waals surface area contributed by atoms with E-state index in [1.165, 1.54) is 0 Å². The Bertz CT molecular complexity index is 500. The molecule has 0 aliphatic rings. The van der Waals surface area contributed by atoms with Crippen LogP contribution in [0.25, 0.3) is 0 Å². The van der Waals surface area contributed by atoms with Crippen molar-refractivity contribution in [2.24, 2.45) is 11.1 Å². The number of nitrogens with one attached hydrogen (secondary N) is 1. The van der Waals surface area contributed by atoms with Gasteiger partial charge in [-0.25, -0.2) is 13.2 Å². The third-order valence-corrected chi connectivity index (χ3v) is 3.59. The Morgan fingerprint density at radius 2 is 1.62 bits per heavy atom. The number of carbonyl (C=O) groups excluding carboxylic acids is 1. The van der Waals surface area contributed by atoms with Gasteiger partial charge >= 0.3 is 0 Å². The van der Waals surface area contributed by atoms with Gasteiger partial charge < -0.3 is 11.1 Å². The van der Waals surface area contributed by atoms with E-state index in [1.807, 2.05) is 13.8 Å². The minimum Gasteiger partial charge on any atom is -0.329 e. The minimum absolute atomic E-state index is 0.117. The summed E-state index contributed by atoms with van der Waals surface area (Å²) in [5.74, 6) is -3.98. The average Bonchev–Trinajstić information content (AvgIpc) is 2.44. The van der Waals surface area contributed by atoms with Crippen LogP contribution < -0.4 is 11.1 Å². The first-order valence-corrected chi connectivity index (χ1v) is 7.06. The summed E-state index contributed by atoms with van der Waals surface area (Å²) < 4.78 is 39.7. The summed E-state index contributed by atoms with van der Waals surface area (Å²) in [6.07, 6.45) is 2.58. The van der Waals surface area contributed by atoms with Crippen LogP contribution in [0.5, 0.6) is 0 Å². The predicted octanol–water partition coefficient (Wildman–Crippen LogP) is 3.59. The Morgan fingerprint density at radius 3 is 2.10 bits per heavy atom. The lowest BCUT2D eigenvalue weighted by Gasteiger charge is -2.30. The van der Waals surface area contributed by atoms with Gasteiger partial charge in [0.2, 0.25) is 5.91 Å². The monoisotopic (exact) mass is 302 g/mol. The van der Waals surface area contributed by atoms with Gasteiger partial charge in [-0.2, -0.15) is 0 Å². The summed E-state index contributed by atoms with van der Waals surface area (Å²) in [6.45, 7) is 3.96. The number of anilines is 1. The van der Waals surface area contributed by atoms with E-state index in [0.717, 1.165) is 12.8 Å². The van der Waals surface area contributed by atoms with Crippen molar-refractivity contribution in [3.05, 3.63) is 29.6 Å². The first-order chi connectivity index (χ1) is 9.90. The number of hydrogen-bond acceptors (Lipinski definition) is 2. The van der Waals surface area contributed by atoms with Crippen molar-refractivity contribution in [3.63, 3.8) is 0 Å². The average molecular weight is 302 g/mol. The van der Waals surface area contributed by atoms with Crippen LogP contribution in [-0.2, 0) is 4.79 Å².